The Hall–Kier alpha value is -1.36. The molecule has 0 saturated carbocycles. The Kier molecular flexibility index (Phi) is 4.90. The van der Waals surface area contributed by atoms with Crippen LogP contribution in [-0.4, -0.2) is 27.8 Å². The van der Waals surface area contributed by atoms with Gasteiger partial charge in [-0.1, -0.05) is 0 Å². The molecule has 0 spiro atoms. The van der Waals surface area contributed by atoms with Crippen molar-refractivity contribution in [3.05, 3.63) is 17.0 Å². The Bertz CT molecular complexity index is 423. The Labute approximate surface area is 109 Å². The summed E-state index contributed by atoms with van der Waals surface area (Å²) in [5.74, 6) is 0.0317. The lowest BCUT2D eigenvalue weighted by Gasteiger charge is -2.16. The van der Waals surface area contributed by atoms with Crippen LogP contribution in [0.2, 0.25) is 0 Å². The molecule has 102 valence electrons. The van der Waals surface area contributed by atoms with E-state index in [1.807, 2.05) is 46.3 Å². The van der Waals surface area contributed by atoms with Crippen LogP contribution in [0.3, 0.4) is 0 Å². The summed E-state index contributed by atoms with van der Waals surface area (Å²) in [7, 11) is 1.93. The van der Waals surface area contributed by atoms with Gasteiger partial charge in [0.05, 0.1) is 11.7 Å². The van der Waals surface area contributed by atoms with Crippen LogP contribution >= 0.6 is 0 Å². The van der Waals surface area contributed by atoms with Crippen molar-refractivity contribution in [1.29, 1.82) is 0 Å². The van der Waals surface area contributed by atoms with Crippen LogP contribution in [0.1, 0.15) is 37.7 Å². The zero-order chi connectivity index (χ0) is 13.9. The van der Waals surface area contributed by atoms with Crippen LogP contribution in [0.5, 0.6) is 0 Å². The first-order valence-electron chi connectivity index (χ1n) is 6.35. The molecule has 1 unspecified atom stereocenters. The van der Waals surface area contributed by atoms with Crippen LogP contribution in [0, 0.1) is 13.8 Å². The molecule has 0 aliphatic heterocycles. The van der Waals surface area contributed by atoms with Gasteiger partial charge in [0, 0.05) is 30.9 Å². The summed E-state index contributed by atoms with van der Waals surface area (Å²) >= 11 is 0. The van der Waals surface area contributed by atoms with Gasteiger partial charge in [0.15, 0.2) is 0 Å². The first-order chi connectivity index (χ1) is 8.32. The van der Waals surface area contributed by atoms with Crippen molar-refractivity contribution in [2.45, 2.75) is 53.2 Å². The van der Waals surface area contributed by atoms with Gasteiger partial charge in [-0.25, -0.2) is 0 Å². The smallest absolute Gasteiger partial charge is 0.237 e. The van der Waals surface area contributed by atoms with Crippen LogP contribution in [0.25, 0.3) is 0 Å². The van der Waals surface area contributed by atoms with Crippen molar-refractivity contribution in [3.8, 4) is 0 Å². The van der Waals surface area contributed by atoms with Crippen LogP contribution < -0.4 is 10.6 Å². The second-order valence-electron chi connectivity index (χ2n) is 5.04. The number of hydrogen-bond acceptors (Lipinski definition) is 3. The van der Waals surface area contributed by atoms with Crippen LogP contribution in [-0.2, 0) is 18.4 Å². The Morgan fingerprint density at radius 1 is 1.33 bits per heavy atom. The fraction of sp³-hybridized carbons (Fsp3) is 0.692. The maximum Gasteiger partial charge on any atom is 0.237 e. The third-order valence-corrected chi connectivity index (χ3v) is 3.07. The number of nitrogens with zero attached hydrogens (tertiary/aromatic N) is 2. The molecule has 1 aromatic rings. The molecule has 2 N–H and O–H groups in total. The van der Waals surface area contributed by atoms with Crippen LogP contribution in [0.4, 0.5) is 0 Å². The number of rotatable bonds is 5. The normalized spacial score (nSPS) is 12.8. The number of aromatic nitrogens is 2. The highest BCUT2D eigenvalue weighted by molar-refractivity contribution is 5.81. The maximum atomic E-state index is 11.8. The van der Waals surface area contributed by atoms with Crippen molar-refractivity contribution >= 4 is 5.91 Å². The molecule has 0 aliphatic rings. The highest BCUT2D eigenvalue weighted by Gasteiger charge is 2.15. The molecule has 1 atom stereocenters. The first kappa shape index (κ1) is 14.7. The van der Waals surface area contributed by atoms with E-state index in [0.29, 0.717) is 6.54 Å². The zero-order valence-electron chi connectivity index (χ0n) is 12.2. The molecule has 1 aromatic heterocycles. The minimum absolute atomic E-state index is 0.0317. The molecule has 0 aliphatic carbocycles. The highest BCUT2D eigenvalue weighted by Crippen LogP contribution is 2.11. The topological polar surface area (TPSA) is 59.0 Å². The summed E-state index contributed by atoms with van der Waals surface area (Å²) in [5, 5.41) is 10.5. The SMILES string of the molecule is Cc1nn(C)c(C)c1CNC(C)C(=O)NC(C)C. The number of hydrogen-bond donors (Lipinski definition) is 2. The molecule has 0 radical (unpaired) electrons. The van der Waals surface area contributed by atoms with Gasteiger partial charge >= 0.3 is 0 Å². The minimum Gasteiger partial charge on any atom is -0.353 e. The Morgan fingerprint density at radius 3 is 2.39 bits per heavy atom. The van der Waals surface area contributed by atoms with Crippen molar-refractivity contribution in [2.75, 3.05) is 0 Å². The van der Waals surface area contributed by atoms with E-state index < -0.39 is 0 Å². The van der Waals surface area contributed by atoms with Gasteiger partial charge in [-0.15, -0.1) is 0 Å². The van der Waals surface area contributed by atoms with E-state index >= 15 is 0 Å². The van der Waals surface area contributed by atoms with E-state index in [2.05, 4.69) is 15.7 Å². The van der Waals surface area contributed by atoms with Crippen LogP contribution in [0.15, 0.2) is 0 Å². The highest BCUT2D eigenvalue weighted by atomic mass is 16.2. The fourth-order valence-electron chi connectivity index (χ4n) is 1.83. The maximum absolute atomic E-state index is 11.8. The van der Waals surface area contributed by atoms with Gasteiger partial charge in [0.1, 0.15) is 0 Å². The van der Waals surface area contributed by atoms with E-state index in [1.54, 1.807) is 0 Å². The second kappa shape index (κ2) is 6.00. The van der Waals surface area contributed by atoms with E-state index in [4.69, 9.17) is 0 Å². The molecule has 0 saturated heterocycles. The average Bonchev–Trinajstić information content (AvgIpc) is 2.49. The number of nitrogens with one attached hydrogen (secondary N) is 2. The lowest BCUT2D eigenvalue weighted by Crippen LogP contribution is -2.44. The molecule has 1 rings (SSSR count). The van der Waals surface area contributed by atoms with Crippen molar-refractivity contribution in [3.63, 3.8) is 0 Å². The lowest BCUT2D eigenvalue weighted by atomic mass is 10.2. The number of aryl methyl sites for hydroxylation is 2. The van der Waals surface area contributed by atoms with Crippen molar-refractivity contribution < 1.29 is 4.79 Å². The van der Waals surface area contributed by atoms with E-state index in [-0.39, 0.29) is 18.0 Å². The van der Waals surface area contributed by atoms with E-state index in [1.165, 1.54) is 5.56 Å². The predicted octanol–water partition coefficient (Wildman–Crippen LogP) is 1.04. The van der Waals surface area contributed by atoms with E-state index in [9.17, 15) is 4.79 Å². The quantitative estimate of drug-likeness (QED) is 0.823. The molecule has 0 bridgehead atoms. The first-order valence-corrected chi connectivity index (χ1v) is 6.35. The Balaban J connectivity index is 2.57. The molecular formula is C13H24N4O. The van der Waals surface area contributed by atoms with Gasteiger partial charge < -0.3 is 10.6 Å². The largest absolute Gasteiger partial charge is 0.353 e. The summed E-state index contributed by atoms with van der Waals surface area (Å²) in [5.41, 5.74) is 3.32. The van der Waals surface area contributed by atoms with Gasteiger partial charge in [-0.3, -0.25) is 9.48 Å². The van der Waals surface area contributed by atoms with E-state index in [0.717, 1.165) is 11.4 Å². The third-order valence-electron chi connectivity index (χ3n) is 3.07. The van der Waals surface area contributed by atoms with Gasteiger partial charge in [0.25, 0.3) is 0 Å². The summed E-state index contributed by atoms with van der Waals surface area (Å²) in [4.78, 5) is 11.8. The molecule has 1 amide bonds. The molecule has 18 heavy (non-hydrogen) atoms. The van der Waals surface area contributed by atoms with Gasteiger partial charge in [-0.05, 0) is 34.6 Å². The lowest BCUT2D eigenvalue weighted by molar-refractivity contribution is -0.123. The number of carbonyl (C=O) groups excluding carboxylic acids is 1. The fourth-order valence-corrected chi connectivity index (χ4v) is 1.83. The standard InChI is InChI=1S/C13H24N4O/c1-8(2)15-13(18)10(4)14-7-12-9(3)16-17(6)11(12)5/h8,10,14H,7H2,1-6H3,(H,15,18). The minimum atomic E-state index is -0.202. The molecular weight excluding hydrogens is 228 g/mol. The molecule has 5 heteroatoms. The number of carbonyl (C=O) groups is 1. The summed E-state index contributed by atoms with van der Waals surface area (Å²) in [6.07, 6.45) is 0. The van der Waals surface area contributed by atoms with Gasteiger partial charge in [-0.2, -0.15) is 5.10 Å². The summed E-state index contributed by atoms with van der Waals surface area (Å²) < 4.78 is 1.87. The van der Waals surface area contributed by atoms with Crippen molar-refractivity contribution in [2.24, 2.45) is 7.05 Å². The predicted molar refractivity (Wildman–Crippen MR) is 72.3 cm³/mol. The molecule has 5 nitrogen and oxygen atoms in total. The summed E-state index contributed by atoms with van der Waals surface area (Å²) in [6.45, 7) is 10.5. The molecule has 1 heterocycles. The number of amides is 1. The van der Waals surface area contributed by atoms with Gasteiger partial charge in [0.2, 0.25) is 5.91 Å². The third kappa shape index (κ3) is 3.57. The van der Waals surface area contributed by atoms with Crippen molar-refractivity contribution in [1.82, 2.24) is 20.4 Å². The summed E-state index contributed by atoms with van der Waals surface area (Å²) in [6, 6.07) is -0.0324. The monoisotopic (exact) mass is 252 g/mol. The zero-order valence-corrected chi connectivity index (χ0v) is 12.2. The molecule has 0 aromatic carbocycles. The average molecular weight is 252 g/mol. The Morgan fingerprint density at radius 2 is 1.94 bits per heavy atom. The second-order valence-corrected chi connectivity index (χ2v) is 5.04. The molecule has 0 fully saturated rings.